The number of ether oxygens (including phenoxy) is 1. The van der Waals surface area contributed by atoms with Gasteiger partial charge in [0.15, 0.2) is 6.10 Å². The molecule has 0 saturated heterocycles. The second kappa shape index (κ2) is 7.12. The maximum Gasteiger partial charge on any atom is 0.341 e. The molecule has 0 fully saturated rings. The van der Waals surface area contributed by atoms with E-state index < -0.39 is 23.8 Å². The molecule has 1 atom stereocenters. The molecule has 126 valence electrons. The number of rotatable bonds is 4. The van der Waals surface area contributed by atoms with Gasteiger partial charge in [0.25, 0.3) is 5.91 Å². The molecule has 5 nitrogen and oxygen atoms in total. The zero-order valence-corrected chi connectivity index (χ0v) is 13.7. The van der Waals surface area contributed by atoms with Gasteiger partial charge in [0.2, 0.25) is 0 Å². The van der Waals surface area contributed by atoms with Gasteiger partial charge in [-0.15, -0.1) is 0 Å². The quantitative estimate of drug-likeness (QED) is 0.666. The number of nitrogens with one attached hydrogen (secondary N) is 1. The van der Waals surface area contributed by atoms with E-state index in [4.69, 9.17) is 10.5 Å². The normalized spacial score (nSPS) is 11.7. The predicted molar refractivity (Wildman–Crippen MR) is 90.2 cm³/mol. The molecular formula is C18H19FN2O3. The number of nitrogens with two attached hydrogens (primary N) is 1. The summed E-state index contributed by atoms with van der Waals surface area (Å²) in [4.78, 5) is 24.3. The van der Waals surface area contributed by atoms with E-state index in [1.807, 2.05) is 32.0 Å². The number of benzene rings is 2. The van der Waals surface area contributed by atoms with Crippen molar-refractivity contribution in [2.24, 2.45) is 0 Å². The van der Waals surface area contributed by atoms with E-state index in [1.165, 1.54) is 13.0 Å². The molecule has 0 spiro atoms. The summed E-state index contributed by atoms with van der Waals surface area (Å²) in [6.45, 7) is 5.21. The number of para-hydroxylation sites is 1. The lowest BCUT2D eigenvalue weighted by molar-refractivity contribution is -0.123. The Hall–Kier alpha value is -2.89. The highest BCUT2D eigenvalue weighted by Gasteiger charge is 2.21. The number of carbonyl (C=O) groups is 2. The Morgan fingerprint density at radius 3 is 2.38 bits per heavy atom. The molecule has 6 heteroatoms. The number of esters is 1. The van der Waals surface area contributed by atoms with Crippen LogP contribution in [-0.4, -0.2) is 18.0 Å². The van der Waals surface area contributed by atoms with Gasteiger partial charge in [-0.05, 0) is 50.1 Å². The first-order valence-electron chi connectivity index (χ1n) is 7.42. The Bertz CT molecular complexity index is 770. The van der Waals surface area contributed by atoms with Crippen LogP contribution in [0, 0.1) is 19.7 Å². The zero-order chi connectivity index (χ0) is 17.9. The van der Waals surface area contributed by atoms with Crippen LogP contribution in [0.4, 0.5) is 15.8 Å². The molecule has 24 heavy (non-hydrogen) atoms. The van der Waals surface area contributed by atoms with Crippen LogP contribution in [0.25, 0.3) is 0 Å². The number of anilines is 2. The van der Waals surface area contributed by atoms with Crippen LogP contribution in [0.2, 0.25) is 0 Å². The van der Waals surface area contributed by atoms with E-state index >= 15 is 0 Å². The Kier molecular flexibility index (Phi) is 5.18. The maximum absolute atomic E-state index is 13.0. The number of hydrogen-bond acceptors (Lipinski definition) is 4. The summed E-state index contributed by atoms with van der Waals surface area (Å²) in [7, 11) is 0. The third-order valence-corrected chi connectivity index (χ3v) is 3.62. The van der Waals surface area contributed by atoms with Gasteiger partial charge in [-0.1, -0.05) is 18.2 Å². The largest absolute Gasteiger partial charge is 0.449 e. The predicted octanol–water partition coefficient (Wildman–Crippen LogP) is 3.21. The lowest BCUT2D eigenvalue weighted by Gasteiger charge is -2.16. The molecule has 0 radical (unpaired) electrons. The second-order valence-corrected chi connectivity index (χ2v) is 5.54. The van der Waals surface area contributed by atoms with Crippen molar-refractivity contribution in [1.29, 1.82) is 0 Å². The molecule has 0 aliphatic heterocycles. The van der Waals surface area contributed by atoms with Crippen LogP contribution in [0.3, 0.4) is 0 Å². The molecule has 2 rings (SSSR count). The first-order chi connectivity index (χ1) is 11.3. The van der Waals surface area contributed by atoms with Gasteiger partial charge in [0, 0.05) is 11.4 Å². The summed E-state index contributed by atoms with van der Waals surface area (Å²) >= 11 is 0. The van der Waals surface area contributed by atoms with Crippen molar-refractivity contribution < 1.29 is 18.7 Å². The molecule has 0 bridgehead atoms. The molecule has 0 saturated carbocycles. The van der Waals surface area contributed by atoms with Gasteiger partial charge in [-0.3, -0.25) is 4.79 Å². The van der Waals surface area contributed by atoms with Crippen LogP contribution in [-0.2, 0) is 9.53 Å². The van der Waals surface area contributed by atoms with Gasteiger partial charge in [-0.25, -0.2) is 9.18 Å². The summed E-state index contributed by atoms with van der Waals surface area (Å²) in [5, 5.41) is 2.75. The average molecular weight is 330 g/mol. The highest BCUT2D eigenvalue weighted by molar-refractivity contribution is 6.00. The lowest BCUT2D eigenvalue weighted by atomic mass is 10.1. The van der Waals surface area contributed by atoms with Crippen LogP contribution in [0.15, 0.2) is 36.4 Å². The van der Waals surface area contributed by atoms with Crippen molar-refractivity contribution >= 4 is 23.3 Å². The second-order valence-electron chi connectivity index (χ2n) is 5.54. The first kappa shape index (κ1) is 17.5. The number of nitrogen functional groups attached to an aromatic ring is 1. The molecule has 0 aromatic heterocycles. The number of aryl methyl sites for hydroxylation is 2. The smallest absolute Gasteiger partial charge is 0.341 e. The number of amides is 1. The van der Waals surface area contributed by atoms with Crippen LogP contribution < -0.4 is 11.1 Å². The summed E-state index contributed by atoms with van der Waals surface area (Å²) < 4.78 is 18.1. The van der Waals surface area contributed by atoms with Crippen LogP contribution in [0.5, 0.6) is 0 Å². The average Bonchev–Trinajstić information content (AvgIpc) is 2.50. The standard InChI is InChI=1S/C18H19FN2O3/c1-10-5-4-6-11(2)16(10)21-17(22)12(3)24-18(23)14-8-7-13(19)9-15(14)20/h4-9,12H,20H2,1-3H3,(H,21,22)/t12-/m0/s1. The topological polar surface area (TPSA) is 81.4 Å². The summed E-state index contributed by atoms with van der Waals surface area (Å²) in [6.07, 6.45) is -1.03. The Balaban J connectivity index is 2.07. The van der Waals surface area contributed by atoms with Crippen molar-refractivity contribution in [1.82, 2.24) is 0 Å². The van der Waals surface area contributed by atoms with E-state index in [9.17, 15) is 14.0 Å². The fourth-order valence-electron chi connectivity index (χ4n) is 2.23. The third-order valence-electron chi connectivity index (χ3n) is 3.62. The van der Waals surface area contributed by atoms with Gasteiger partial charge in [-0.2, -0.15) is 0 Å². The van der Waals surface area contributed by atoms with E-state index in [0.717, 1.165) is 23.3 Å². The molecule has 1 amide bonds. The molecule has 3 N–H and O–H groups in total. The minimum absolute atomic E-state index is 0.0168. The van der Waals surface area contributed by atoms with E-state index in [-0.39, 0.29) is 11.3 Å². The molecular weight excluding hydrogens is 311 g/mol. The highest BCUT2D eigenvalue weighted by Crippen LogP contribution is 2.20. The van der Waals surface area contributed by atoms with Crippen molar-refractivity contribution in [3.63, 3.8) is 0 Å². The first-order valence-corrected chi connectivity index (χ1v) is 7.42. The Labute approximate surface area is 139 Å². The zero-order valence-electron chi connectivity index (χ0n) is 13.7. The van der Waals surface area contributed by atoms with Crippen molar-refractivity contribution in [2.75, 3.05) is 11.1 Å². The SMILES string of the molecule is Cc1cccc(C)c1NC(=O)[C@H](C)OC(=O)c1ccc(F)cc1N. The Morgan fingerprint density at radius 2 is 1.79 bits per heavy atom. The van der Waals surface area contributed by atoms with Crippen LogP contribution in [0.1, 0.15) is 28.4 Å². The molecule has 2 aromatic carbocycles. The molecule has 0 unspecified atom stereocenters. The van der Waals surface area contributed by atoms with E-state index in [2.05, 4.69) is 5.32 Å². The van der Waals surface area contributed by atoms with Gasteiger partial charge >= 0.3 is 5.97 Å². The fraction of sp³-hybridized carbons (Fsp3) is 0.222. The highest BCUT2D eigenvalue weighted by atomic mass is 19.1. The summed E-state index contributed by atoms with van der Waals surface area (Å²) in [6, 6.07) is 8.99. The molecule has 0 aliphatic carbocycles. The van der Waals surface area contributed by atoms with Crippen LogP contribution >= 0.6 is 0 Å². The van der Waals surface area contributed by atoms with E-state index in [0.29, 0.717) is 5.69 Å². The third kappa shape index (κ3) is 3.90. The number of carbonyl (C=O) groups excluding carboxylic acids is 2. The van der Waals surface area contributed by atoms with Crippen molar-refractivity contribution in [3.05, 3.63) is 58.9 Å². The number of hydrogen-bond donors (Lipinski definition) is 2. The van der Waals surface area contributed by atoms with Crippen molar-refractivity contribution in [2.45, 2.75) is 26.9 Å². The lowest BCUT2D eigenvalue weighted by Crippen LogP contribution is -2.30. The summed E-state index contributed by atoms with van der Waals surface area (Å²) in [5.74, 6) is -1.79. The monoisotopic (exact) mass is 330 g/mol. The van der Waals surface area contributed by atoms with E-state index in [1.54, 1.807) is 0 Å². The molecule has 0 aliphatic rings. The summed E-state index contributed by atoms with van der Waals surface area (Å²) in [5.41, 5.74) is 8.07. The van der Waals surface area contributed by atoms with Crippen molar-refractivity contribution in [3.8, 4) is 0 Å². The van der Waals surface area contributed by atoms with Gasteiger partial charge in [0.1, 0.15) is 5.82 Å². The fourth-order valence-corrected chi connectivity index (χ4v) is 2.23. The minimum Gasteiger partial charge on any atom is -0.449 e. The maximum atomic E-state index is 13.0. The van der Waals surface area contributed by atoms with Gasteiger partial charge in [0.05, 0.1) is 5.56 Å². The Morgan fingerprint density at radius 1 is 1.17 bits per heavy atom. The molecule has 2 aromatic rings. The number of halogens is 1. The van der Waals surface area contributed by atoms with Gasteiger partial charge < -0.3 is 15.8 Å². The molecule has 0 heterocycles. The minimum atomic E-state index is -1.03.